The largest absolute Gasteiger partial charge is 0.486 e. The van der Waals surface area contributed by atoms with Crippen molar-refractivity contribution in [1.82, 2.24) is 14.5 Å². The Bertz CT molecular complexity index is 1170. The van der Waals surface area contributed by atoms with Crippen LogP contribution < -0.4 is 9.47 Å². The van der Waals surface area contributed by atoms with Crippen molar-refractivity contribution in [3.8, 4) is 11.5 Å². The average Bonchev–Trinajstić information content (AvgIpc) is 3.38. The van der Waals surface area contributed by atoms with Gasteiger partial charge in [-0.2, -0.15) is 0 Å². The summed E-state index contributed by atoms with van der Waals surface area (Å²) in [4.78, 5) is 20.4. The number of amides is 1. The lowest BCUT2D eigenvalue weighted by Crippen LogP contribution is -2.43. The van der Waals surface area contributed by atoms with Crippen molar-refractivity contribution in [2.75, 3.05) is 13.2 Å². The number of thiophene rings is 1. The lowest BCUT2D eigenvalue weighted by atomic mass is 10.2. The predicted octanol–water partition coefficient (Wildman–Crippen LogP) is 4.12. The molecule has 7 heteroatoms. The average molecular weight is 420 g/mol. The van der Waals surface area contributed by atoms with E-state index in [4.69, 9.17) is 9.47 Å². The van der Waals surface area contributed by atoms with Gasteiger partial charge in [-0.25, -0.2) is 4.98 Å². The van der Waals surface area contributed by atoms with E-state index >= 15 is 0 Å². The minimum Gasteiger partial charge on any atom is -0.486 e. The van der Waals surface area contributed by atoms with Gasteiger partial charge < -0.3 is 18.9 Å². The molecule has 4 aromatic rings. The number of carbonyl (C=O) groups is 1. The van der Waals surface area contributed by atoms with Crippen LogP contribution in [0.5, 0.6) is 11.5 Å². The van der Waals surface area contributed by atoms with Crippen LogP contribution in [0.1, 0.15) is 15.5 Å². The molecule has 0 saturated carbocycles. The summed E-state index contributed by atoms with van der Waals surface area (Å²) in [7, 11) is 1.93. The summed E-state index contributed by atoms with van der Waals surface area (Å²) in [5.41, 5.74) is 0. The maximum atomic E-state index is 13.5. The molecule has 0 unspecified atom stereocenters. The summed E-state index contributed by atoms with van der Waals surface area (Å²) in [5, 5.41) is 1.08. The number of imidazole rings is 1. The normalized spacial score (nSPS) is 15.3. The molecule has 0 fully saturated rings. The first kappa shape index (κ1) is 18.7. The zero-order chi connectivity index (χ0) is 20.5. The van der Waals surface area contributed by atoms with Gasteiger partial charge >= 0.3 is 0 Å². The topological polar surface area (TPSA) is 56.6 Å². The molecule has 1 amide bonds. The van der Waals surface area contributed by atoms with Crippen LogP contribution in [-0.2, 0) is 13.6 Å². The minimum absolute atomic E-state index is 0.0262. The zero-order valence-electron chi connectivity index (χ0n) is 16.5. The number of nitrogens with zero attached hydrogens (tertiary/aromatic N) is 3. The van der Waals surface area contributed by atoms with Crippen LogP contribution in [0.15, 0.2) is 67.0 Å². The fraction of sp³-hybridized carbons (Fsp3) is 0.217. The highest BCUT2D eigenvalue weighted by molar-refractivity contribution is 7.20. The third kappa shape index (κ3) is 3.64. The molecule has 1 atom stereocenters. The number of para-hydroxylation sites is 2. The maximum Gasteiger partial charge on any atom is 0.264 e. The van der Waals surface area contributed by atoms with Gasteiger partial charge in [0.25, 0.3) is 5.91 Å². The van der Waals surface area contributed by atoms with Gasteiger partial charge in [0.05, 0.1) is 18.0 Å². The maximum absolute atomic E-state index is 13.5. The van der Waals surface area contributed by atoms with Crippen LogP contribution in [0, 0.1) is 0 Å². The van der Waals surface area contributed by atoms with Crippen molar-refractivity contribution in [3.63, 3.8) is 0 Å². The molecule has 0 bridgehead atoms. The summed E-state index contributed by atoms with van der Waals surface area (Å²) >= 11 is 1.51. The molecule has 2 aromatic carbocycles. The second-order valence-electron chi connectivity index (χ2n) is 7.29. The number of rotatable bonds is 5. The van der Waals surface area contributed by atoms with Crippen LogP contribution in [0.3, 0.4) is 0 Å². The number of hydrogen-bond acceptors (Lipinski definition) is 5. The van der Waals surface area contributed by atoms with Crippen LogP contribution in [0.25, 0.3) is 10.1 Å². The van der Waals surface area contributed by atoms with Crippen molar-refractivity contribution < 1.29 is 14.3 Å². The summed E-state index contributed by atoms with van der Waals surface area (Å²) < 4.78 is 15.0. The summed E-state index contributed by atoms with van der Waals surface area (Å²) in [6, 6.07) is 17.6. The second kappa shape index (κ2) is 7.84. The molecular formula is C23H21N3O3S. The number of benzene rings is 2. The SMILES string of the molecule is Cn1ccnc1CN(C[C@@H]1COc2ccccc2O1)C(=O)c1cc2ccccc2s1. The molecule has 30 heavy (non-hydrogen) atoms. The highest BCUT2D eigenvalue weighted by atomic mass is 32.1. The van der Waals surface area contributed by atoms with E-state index in [-0.39, 0.29) is 12.0 Å². The molecule has 2 aromatic heterocycles. The molecule has 1 aliphatic heterocycles. The molecular weight excluding hydrogens is 398 g/mol. The van der Waals surface area contributed by atoms with Crippen LogP contribution in [0.4, 0.5) is 0 Å². The van der Waals surface area contributed by atoms with E-state index in [1.165, 1.54) is 11.3 Å². The Morgan fingerprint density at radius 3 is 2.80 bits per heavy atom. The van der Waals surface area contributed by atoms with Gasteiger partial charge in [0.2, 0.25) is 0 Å². The molecule has 1 aliphatic rings. The van der Waals surface area contributed by atoms with Crippen molar-refractivity contribution in [3.05, 3.63) is 77.7 Å². The van der Waals surface area contributed by atoms with E-state index in [1.54, 1.807) is 11.1 Å². The summed E-state index contributed by atoms with van der Waals surface area (Å²) in [5.74, 6) is 2.24. The number of aromatic nitrogens is 2. The predicted molar refractivity (Wildman–Crippen MR) is 116 cm³/mol. The molecule has 0 radical (unpaired) electrons. The third-order valence-electron chi connectivity index (χ3n) is 5.17. The van der Waals surface area contributed by atoms with Crippen molar-refractivity contribution in [2.45, 2.75) is 12.6 Å². The highest BCUT2D eigenvalue weighted by Gasteiger charge is 2.27. The Morgan fingerprint density at radius 2 is 2.00 bits per heavy atom. The van der Waals surface area contributed by atoms with Gasteiger partial charge in [0.15, 0.2) is 17.6 Å². The molecule has 0 spiro atoms. The monoisotopic (exact) mass is 419 g/mol. The van der Waals surface area contributed by atoms with E-state index in [1.807, 2.05) is 72.4 Å². The summed E-state index contributed by atoms with van der Waals surface area (Å²) in [6.07, 6.45) is 3.38. The second-order valence-corrected chi connectivity index (χ2v) is 8.37. The molecule has 6 nitrogen and oxygen atoms in total. The van der Waals surface area contributed by atoms with Gasteiger partial charge in [-0.05, 0) is 29.7 Å². The number of ether oxygens (including phenoxy) is 2. The van der Waals surface area contributed by atoms with Crippen LogP contribution in [0.2, 0.25) is 0 Å². The first-order chi connectivity index (χ1) is 14.7. The smallest absolute Gasteiger partial charge is 0.264 e. The first-order valence-corrected chi connectivity index (χ1v) is 10.6. The standard InChI is InChI=1S/C23H21N3O3S/c1-25-11-10-24-22(25)14-26(13-17-15-28-18-7-3-4-8-19(18)29-17)23(27)21-12-16-6-2-5-9-20(16)30-21/h2-12,17H,13-15H2,1H3/t17-/m1/s1. The Labute approximate surface area is 178 Å². The zero-order valence-corrected chi connectivity index (χ0v) is 17.3. The van der Waals surface area contributed by atoms with E-state index in [2.05, 4.69) is 4.98 Å². The Morgan fingerprint density at radius 1 is 1.20 bits per heavy atom. The van der Waals surface area contributed by atoms with Gasteiger partial charge in [0.1, 0.15) is 12.4 Å². The van der Waals surface area contributed by atoms with Crippen molar-refractivity contribution >= 4 is 27.3 Å². The molecule has 0 saturated heterocycles. The minimum atomic E-state index is -0.251. The quantitative estimate of drug-likeness (QED) is 0.488. The third-order valence-corrected chi connectivity index (χ3v) is 6.27. The molecule has 152 valence electrons. The number of carbonyl (C=O) groups excluding carboxylic acids is 1. The van der Waals surface area contributed by atoms with Gasteiger partial charge in [-0.3, -0.25) is 4.79 Å². The van der Waals surface area contributed by atoms with Gasteiger partial charge in [0, 0.05) is 24.1 Å². The fourth-order valence-electron chi connectivity index (χ4n) is 3.58. The molecule has 0 N–H and O–H groups in total. The summed E-state index contributed by atoms with van der Waals surface area (Å²) in [6.45, 7) is 1.21. The van der Waals surface area contributed by atoms with E-state index in [9.17, 15) is 4.79 Å². The molecule has 3 heterocycles. The molecule has 5 rings (SSSR count). The van der Waals surface area contributed by atoms with E-state index in [0.717, 1.165) is 21.7 Å². The van der Waals surface area contributed by atoms with Crippen molar-refractivity contribution in [1.29, 1.82) is 0 Å². The van der Waals surface area contributed by atoms with Gasteiger partial charge in [-0.15, -0.1) is 11.3 Å². The Kier molecular flexibility index (Phi) is 4.88. The Balaban J connectivity index is 1.41. The lowest BCUT2D eigenvalue weighted by Gasteiger charge is -2.31. The van der Waals surface area contributed by atoms with Gasteiger partial charge in [-0.1, -0.05) is 30.3 Å². The number of fused-ring (bicyclic) bond motifs is 2. The number of aryl methyl sites for hydroxylation is 1. The molecule has 0 aliphatic carbocycles. The first-order valence-electron chi connectivity index (χ1n) is 9.80. The highest BCUT2D eigenvalue weighted by Crippen LogP contribution is 2.32. The van der Waals surface area contributed by atoms with Crippen molar-refractivity contribution in [2.24, 2.45) is 7.05 Å². The van der Waals surface area contributed by atoms with E-state index < -0.39 is 0 Å². The van der Waals surface area contributed by atoms with E-state index in [0.29, 0.717) is 30.3 Å². The van der Waals surface area contributed by atoms with Crippen LogP contribution >= 0.6 is 11.3 Å². The van der Waals surface area contributed by atoms with Crippen LogP contribution in [-0.4, -0.2) is 39.6 Å². The number of hydrogen-bond donors (Lipinski definition) is 0. The Hall–Kier alpha value is -3.32. The lowest BCUT2D eigenvalue weighted by molar-refractivity contribution is 0.0440. The fourth-order valence-corrected chi connectivity index (χ4v) is 4.61.